The van der Waals surface area contributed by atoms with Crippen LogP contribution in [0.5, 0.6) is 0 Å². The van der Waals surface area contributed by atoms with Crippen LogP contribution in [0.4, 0.5) is 0 Å². The molecule has 1 aromatic heterocycles. The summed E-state index contributed by atoms with van der Waals surface area (Å²) in [5, 5.41) is 7.03. The summed E-state index contributed by atoms with van der Waals surface area (Å²) in [5.41, 5.74) is 2.82. The van der Waals surface area contributed by atoms with Crippen molar-refractivity contribution < 1.29 is 0 Å². The van der Waals surface area contributed by atoms with Crippen molar-refractivity contribution in [1.29, 1.82) is 0 Å². The van der Waals surface area contributed by atoms with Crippen LogP contribution in [0.3, 0.4) is 0 Å². The van der Waals surface area contributed by atoms with Gasteiger partial charge in [-0.1, -0.05) is 20.8 Å². The minimum Gasteiger partial charge on any atom is -0.347 e. The van der Waals surface area contributed by atoms with E-state index in [1.807, 2.05) is 0 Å². The van der Waals surface area contributed by atoms with Crippen LogP contribution >= 0.6 is 0 Å². The summed E-state index contributed by atoms with van der Waals surface area (Å²) in [7, 11) is 0. The lowest BCUT2D eigenvalue weighted by molar-refractivity contribution is 0.355. The molecule has 4 nitrogen and oxygen atoms in total. The van der Waals surface area contributed by atoms with Gasteiger partial charge in [-0.15, -0.1) is 0 Å². The molecule has 0 aliphatic carbocycles. The van der Waals surface area contributed by atoms with Crippen molar-refractivity contribution in [2.24, 2.45) is 5.41 Å². The van der Waals surface area contributed by atoms with Gasteiger partial charge in [-0.2, -0.15) is 0 Å². The van der Waals surface area contributed by atoms with Crippen LogP contribution in [-0.4, -0.2) is 29.1 Å². The zero-order valence-electron chi connectivity index (χ0n) is 10.4. The fourth-order valence-corrected chi connectivity index (χ4v) is 2.00. The number of fused-ring (bicyclic) bond motifs is 1. The van der Waals surface area contributed by atoms with Crippen molar-refractivity contribution in [2.45, 2.75) is 39.8 Å². The Morgan fingerprint density at radius 1 is 1.50 bits per heavy atom. The molecule has 1 atom stereocenters. The Morgan fingerprint density at radius 3 is 3.06 bits per heavy atom. The van der Waals surface area contributed by atoms with Gasteiger partial charge in [0.25, 0.3) is 0 Å². The molecule has 0 saturated heterocycles. The first kappa shape index (κ1) is 11.6. The second-order valence-electron chi connectivity index (χ2n) is 5.80. The van der Waals surface area contributed by atoms with Gasteiger partial charge in [0.1, 0.15) is 0 Å². The second-order valence-corrected chi connectivity index (χ2v) is 5.80. The van der Waals surface area contributed by atoms with E-state index >= 15 is 0 Å². The van der Waals surface area contributed by atoms with E-state index in [1.165, 1.54) is 11.4 Å². The standard InChI is InChI=1S/C12H22N4/c1-12(2,3)7-13-5-9-4-10-11(6-14-9)16-8-15-10/h8-9,13-14H,4-7H2,1-3H3,(H,15,16). The van der Waals surface area contributed by atoms with Crippen molar-refractivity contribution in [1.82, 2.24) is 20.6 Å². The third kappa shape index (κ3) is 3.06. The van der Waals surface area contributed by atoms with Gasteiger partial charge in [0, 0.05) is 32.1 Å². The maximum Gasteiger partial charge on any atom is 0.0925 e. The fraction of sp³-hybridized carbons (Fsp3) is 0.750. The Balaban J connectivity index is 1.77. The van der Waals surface area contributed by atoms with Crippen LogP contribution in [0.25, 0.3) is 0 Å². The number of rotatable bonds is 3. The van der Waals surface area contributed by atoms with Crippen LogP contribution < -0.4 is 10.6 Å². The summed E-state index contributed by atoms with van der Waals surface area (Å²) in [6, 6.07) is 0.512. The Kier molecular flexibility index (Phi) is 3.30. The van der Waals surface area contributed by atoms with Gasteiger partial charge in [-0.25, -0.2) is 4.98 Å². The molecule has 0 aromatic carbocycles. The van der Waals surface area contributed by atoms with Crippen molar-refractivity contribution in [3.8, 4) is 0 Å². The monoisotopic (exact) mass is 222 g/mol. The number of aromatic amines is 1. The molecule has 2 rings (SSSR count). The van der Waals surface area contributed by atoms with Crippen LogP contribution in [0.2, 0.25) is 0 Å². The zero-order chi connectivity index (χ0) is 11.6. The van der Waals surface area contributed by atoms with Crippen molar-refractivity contribution in [3.63, 3.8) is 0 Å². The Labute approximate surface area is 97.2 Å². The maximum absolute atomic E-state index is 4.34. The third-order valence-electron chi connectivity index (χ3n) is 2.86. The van der Waals surface area contributed by atoms with Gasteiger partial charge in [0.15, 0.2) is 0 Å². The highest BCUT2D eigenvalue weighted by molar-refractivity contribution is 5.15. The largest absolute Gasteiger partial charge is 0.347 e. The van der Waals surface area contributed by atoms with E-state index < -0.39 is 0 Å². The molecule has 1 aromatic rings. The predicted molar refractivity (Wildman–Crippen MR) is 65.2 cm³/mol. The lowest BCUT2D eigenvalue weighted by Gasteiger charge is -2.25. The van der Waals surface area contributed by atoms with Crippen molar-refractivity contribution in [2.75, 3.05) is 13.1 Å². The highest BCUT2D eigenvalue weighted by atomic mass is 15.0. The summed E-state index contributed by atoms with van der Waals surface area (Å²) in [5.74, 6) is 0. The molecule has 0 saturated carbocycles. The second kappa shape index (κ2) is 4.55. The molecule has 0 fully saturated rings. The van der Waals surface area contributed by atoms with Gasteiger partial charge < -0.3 is 15.6 Å². The summed E-state index contributed by atoms with van der Waals surface area (Å²) in [6.07, 6.45) is 2.81. The Morgan fingerprint density at radius 2 is 2.31 bits per heavy atom. The SMILES string of the molecule is CC(C)(C)CNCC1Cc2nc[nH]c2CN1. The van der Waals surface area contributed by atoms with E-state index in [1.54, 1.807) is 6.33 Å². The van der Waals surface area contributed by atoms with Crippen LogP contribution in [0, 0.1) is 5.41 Å². The number of aromatic nitrogens is 2. The molecular weight excluding hydrogens is 200 g/mol. The molecule has 0 amide bonds. The molecule has 1 aliphatic heterocycles. The molecule has 0 bridgehead atoms. The van der Waals surface area contributed by atoms with E-state index in [9.17, 15) is 0 Å². The van der Waals surface area contributed by atoms with Crippen LogP contribution in [0.15, 0.2) is 6.33 Å². The van der Waals surface area contributed by atoms with E-state index in [0.29, 0.717) is 11.5 Å². The van der Waals surface area contributed by atoms with E-state index in [4.69, 9.17) is 0 Å². The molecule has 0 radical (unpaired) electrons. The minimum absolute atomic E-state index is 0.353. The van der Waals surface area contributed by atoms with Gasteiger partial charge in [-0.05, 0) is 5.41 Å². The molecule has 4 heteroatoms. The summed E-state index contributed by atoms with van der Waals surface area (Å²) >= 11 is 0. The zero-order valence-corrected chi connectivity index (χ0v) is 10.4. The van der Waals surface area contributed by atoms with Gasteiger partial charge >= 0.3 is 0 Å². The number of hydrogen-bond acceptors (Lipinski definition) is 3. The average Bonchev–Trinajstić information content (AvgIpc) is 2.62. The van der Waals surface area contributed by atoms with Gasteiger partial charge in [0.2, 0.25) is 0 Å². The highest BCUT2D eigenvalue weighted by Crippen LogP contribution is 2.13. The molecule has 1 aliphatic rings. The first-order chi connectivity index (χ1) is 7.54. The number of nitrogens with zero attached hydrogens (tertiary/aromatic N) is 1. The van der Waals surface area contributed by atoms with Gasteiger partial charge in [0.05, 0.1) is 17.7 Å². The first-order valence-electron chi connectivity index (χ1n) is 6.00. The number of hydrogen-bond donors (Lipinski definition) is 3. The predicted octanol–water partition coefficient (Wildman–Crippen LogP) is 1.06. The number of imidazole rings is 1. The fourth-order valence-electron chi connectivity index (χ4n) is 2.00. The molecule has 0 spiro atoms. The Hall–Kier alpha value is -0.870. The normalized spacial score (nSPS) is 20.8. The molecule has 90 valence electrons. The van der Waals surface area contributed by atoms with E-state index in [0.717, 1.165) is 26.1 Å². The van der Waals surface area contributed by atoms with Crippen LogP contribution in [0.1, 0.15) is 32.2 Å². The Bertz CT molecular complexity index is 337. The molecule has 1 unspecified atom stereocenters. The third-order valence-corrected chi connectivity index (χ3v) is 2.86. The molecular formula is C12H22N4. The highest BCUT2D eigenvalue weighted by Gasteiger charge is 2.20. The molecule has 2 heterocycles. The quantitative estimate of drug-likeness (QED) is 0.717. The van der Waals surface area contributed by atoms with Gasteiger partial charge in [-0.3, -0.25) is 0 Å². The number of H-pyrrole nitrogens is 1. The topological polar surface area (TPSA) is 52.7 Å². The maximum atomic E-state index is 4.34. The molecule has 3 N–H and O–H groups in total. The minimum atomic E-state index is 0.353. The average molecular weight is 222 g/mol. The number of nitrogens with one attached hydrogen (secondary N) is 3. The smallest absolute Gasteiger partial charge is 0.0925 e. The lowest BCUT2D eigenvalue weighted by atomic mass is 9.96. The summed E-state index contributed by atoms with van der Waals surface area (Å²) < 4.78 is 0. The van der Waals surface area contributed by atoms with E-state index in [-0.39, 0.29) is 0 Å². The molecule has 16 heavy (non-hydrogen) atoms. The van der Waals surface area contributed by atoms with E-state index in [2.05, 4.69) is 41.4 Å². The first-order valence-corrected chi connectivity index (χ1v) is 6.00. The lowest BCUT2D eigenvalue weighted by Crippen LogP contribution is -2.44. The summed E-state index contributed by atoms with van der Waals surface area (Å²) in [4.78, 5) is 7.50. The van der Waals surface area contributed by atoms with Crippen LogP contribution in [-0.2, 0) is 13.0 Å². The van der Waals surface area contributed by atoms with Crippen molar-refractivity contribution in [3.05, 3.63) is 17.7 Å². The van der Waals surface area contributed by atoms with Crippen molar-refractivity contribution >= 4 is 0 Å². The summed E-state index contributed by atoms with van der Waals surface area (Å²) in [6.45, 7) is 9.74.